The van der Waals surface area contributed by atoms with Crippen molar-refractivity contribution >= 4 is 10.2 Å². The minimum absolute atomic E-state index is 0.236. The van der Waals surface area contributed by atoms with Crippen LogP contribution in [0.1, 0.15) is 6.92 Å². The number of halogens is 21. The highest BCUT2D eigenvalue weighted by Crippen LogP contribution is 2.66. The van der Waals surface area contributed by atoms with Crippen molar-refractivity contribution in [2.24, 2.45) is 0 Å². The molecule has 1 unspecified atom stereocenters. The predicted molar refractivity (Wildman–Crippen MR) is 65.8 cm³/mol. The molecule has 0 saturated carbocycles. The number of hydrogen-bond donors (Lipinski definition) is 0. The van der Waals surface area contributed by atoms with Gasteiger partial charge >= 0.3 is 59.5 Å². The Morgan fingerprint density at radius 2 is 0.529 bits per heavy atom. The Kier molecular flexibility index (Phi) is 7.58. The SMILES string of the molecule is CC([Si])C(F)(F)C(F)(F)C(F)(F)C(F)(F)C(F)(F)C(F)(F)C(F)(F)C(F)(F)C(F)(F)C(F)(F)F. The Balaban J connectivity index is 7.08. The van der Waals surface area contributed by atoms with Gasteiger partial charge in [0.2, 0.25) is 0 Å². The maximum absolute atomic E-state index is 13.4. The van der Waals surface area contributed by atoms with Crippen LogP contribution in [-0.4, -0.2) is 69.7 Å². The van der Waals surface area contributed by atoms with Crippen molar-refractivity contribution in [2.75, 3.05) is 0 Å². The van der Waals surface area contributed by atoms with Gasteiger partial charge in [0.25, 0.3) is 0 Å². The molecule has 1 atom stereocenters. The summed E-state index contributed by atoms with van der Waals surface area (Å²) in [7, 11) is 1.48. The topological polar surface area (TPSA) is 0 Å². The third kappa shape index (κ3) is 3.70. The Bertz CT molecular complexity index is 743. The average molecular weight is 575 g/mol. The van der Waals surface area contributed by atoms with Gasteiger partial charge in [-0.2, -0.15) is 92.2 Å². The van der Waals surface area contributed by atoms with Gasteiger partial charge < -0.3 is 0 Å². The Labute approximate surface area is 175 Å². The van der Waals surface area contributed by atoms with Crippen LogP contribution >= 0.6 is 0 Å². The molecule has 0 fully saturated rings. The quantitative estimate of drug-likeness (QED) is 0.201. The lowest BCUT2D eigenvalue weighted by atomic mass is 9.86. The highest BCUT2D eigenvalue weighted by molar-refractivity contribution is 6.12. The van der Waals surface area contributed by atoms with Gasteiger partial charge in [-0.1, -0.05) is 6.92 Å². The summed E-state index contributed by atoms with van der Waals surface area (Å²) in [5.41, 5.74) is -3.39. The van der Waals surface area contributed by atoms with Gasteiger partial charge in [0, 0.05) is 15.8 Å². The molecule has 0 spiro atoms. The monoisotopic (exact) mass is 575 g/mol. The second kappa shape index (κ2) is 7.87. The maximum atomic E-state index is 13.4. The van der Waals surface area contributed by atoms with Crippen LogP contribution in [0.2, 0.25) is 5.54 Å². The van der Waals surface area contributed by atoms with E-state index in [1.54, 1.807) is 0 Å². The Morgan fingerprint density at radius 3 is 0.706 bits per heavy atom. The summed E-state index contributed by atoms with van der Waals surface area (Å²) in [5, 5.41) is 0. The van der Waals surface area contributed by atoms with Crippen LogP contribution in [0.15, 0.2) is 0 Å². The molecule has 0 N–H and O–H groups in total. The molecule has 0 aliphatic carbocycles. The molecule has 0 aliphatic rings. The van der Waals surface area contributed by atoms with E-state index in [4.69, 9.17) is 0 Å². The van der Waals surface area contributed by atoms with Gasteiger partial charge in [-0.3, -0.25) is 0 Å². The van der Waals surface area contributed by atoms with Gasteiger partial charge in [-0.25, -0.2) is 0 Å². The van der Waals surface area contributed by atoms with Gasteiger partial charge in [-0.05, 0) is 0 Å². The third-order valence-electron chi connectivity index (χ3n) is 4.08. The lowest BCUT2D eigenvalue weighted by Gasteiger charge is -2.45. The first-order valence-electron chi connectivity index (χ1n) is 7.37. The van der Waals surface area contributed by atoms with Crippen LogP contribution in [-0.2, 0) is 0 Å². The molecule has 0 aromatic heterocycles. The Hall–Kier alpha value is -1.25. The second-order valence-electron chi connectivity index (χ2n) is 6.44. The molecule has 203 valence electrons. The van der Waals surface area contributed by atoms with Gasteiger partial charge in [0.15, 0.2) is 0 Å². The van der Waals surface area contributed by atoms with E-state index < -0.39 is 65.0 Å². The first-order chi connectivity index (χ1) is 14.2. The molecule has 34 heavy (non-hydrogen) atoms. The van der Waals surface area contributed by atoms with E-state index in [9.17, 15) is 92.2 Å². The molecule has 0 nitrogen and oxygen atoms in total. The smallest absolute Gasteiger partial charge is 0.200 e. The van der Waals surface area contributed by atoms with E-state index in [0.29, 0.717) is 0 Å². The molecule has 0 saturated heterocycles. The maximum Gasteiger partial charge on any atom is 0.460 e. The first-order valence-corrected chi connectivity index (χ1v) is 7.95. The summed E-state index contributed by atoms with van der Waals surface area (Å²) in [6.07, 6.45) is -7.99. The van der Waals surface area contributed by atoms with Crippen LogP contribution in [0.25, 0.3) is 0 Å². The summed E-state index contributed by atoms with van der Waals surface area (Å²) in [5.74, 6) is -76.6. The first kappa shape index (κ1) is 32.7. The summed E-state index contributed by atoms with van der Waals surface area (Å²) in [6, 6.07) is 0. The third-order valence-corrected chi connectivity index (χ3v) is 4.44. The van der Waals surface area contributed by atoms with E-state index >= 15 is 0 Å². The molecule has 22 heteroatoms. The average Bonchev–Trinajstić information content (AvgIpc) is 2.58. The fourth-order valence-electron chi connectivity index (χ4n) is 1.84. The highest BCUT2D eigenvalue weighted by atomic mass is 28.1. The zero-order chi connectivity index (χ0) is 28.6. The van der Waals surface area contributed by atoms with E-state index in [2.05, 4.69) is 0 Å². The number of hydrogen-bond acceptors (Lipinski definition) is 0. The summed E-state index contributed by atoms with van der Waals surface area (Å²) in [6.45, 7) is -0.236. The fourth-order valence-corrected chi connectivity index (χ4v) is 2.02. The van der Waals surface area contributed by atoms with Crippen LogP contribution in [0, 0.1) is 0 Å². The van der Waals surface area contributed by atoms with Crippen LogP contribution in [0.4, 0.5) is 92.2 Å². The molecule has 0 aromatic carbocycles. The molecule has 0 bridgehead atoms. The van der Waals surface area contributed by atoms with Crippen molar-refractivity contribution in [3.05, 3.63) is 0 Å². The number of alkyl halides is 21. The van der Waals surface area contributed by atoms with Gasteiger partial charge in [0.1, 0.15) is 0 Å². The highest BCUT2D eigenvalue weighted by Gasteiger charge is 2.97. The van der Waals surface area contributed by atoms with Crippen molar-refractivity contribution in [3.63, 3.8) is 0 Å². The summed E-state index contributed by atoms with van der Waals surface area (Å²) in [4.78, 5) is 0. The summed E-state index contributed by atoms with van der Waals surface area (Å²) < 4.78 is 273. The molecule has 3 radical (unpaired) electrons. The normalized spacial score (nSPS) is 17.7. The van der Waals surface area contributed by atoms with Crippen molar-refractivity contribution in [1.82, 2.24) is 0 Å². The zero-order valence-corrected chi connectivity index (χ0v) is 16.0. The van der Waals surface area contributed by atoms with E-state index in [1.807, 2.05) is 0 Å². The van der Waals surface area contributed by atoms with Crippen molar-refractivity contribution in [2.45, 2.75) is 71.9 Å². The minimum atomic E-state index is -9.14. The summed E-state index contributed by atoms with van der Waals surface area (Å²) >= 11 is 0. The predicted octanol–water partition coefficient (Wildman–Crippen LogP) is 7.24. The second-order valence-corrected chi connectivity index (χ2v) is 7.30. The van der Waals surface area contributed by atoms with Crippen LogP contribution in [0.5, 0.6) is 0 Å². The number of rotatable bonds is 9. The van der Waals surface area contributed by atoms with Crippen molar-refractivity contribution < 1.29 is 92.2 Å². The lowest BCUT2D eigenvalue weighted by Crippen LogP contribution is -2.77. The molecule has 0 aromatic rings. The van der Waals surface area contributed by atoms with Crippen molar-refractivity contribution in [3.8, 4) is 0 Å². The minimum Gasteiger partial charge on any atom is -0.200 e. The van der Waals surface area contributed by atoms with E-state index in [-0.39, 0.29) is 6.92 Å². The molecular formula is C12H4F21Si. The standard InChI is InChI=1S/C12H4F21Si/c1-2(34)3(13,14)4(15,16)5(17,18)6(19,20)7(21,22)8(23,24)9(25,26)10(27,28)11(29,30)12(31,32)33/h2H,1H3. The fraction of sp³-hybridized carbons (Fsp3) is 1.00. The largest absolute Gasteiger partial charge is 0.460 e. The lowest BCUT2D eigenvalue weighted by molar-refractivity contribution is -0.474. The van der Waals surface area contributed by atoms with Gasteiger partial charge in [-0.15, -0.1) is 0 Å². The Morgan fingerprint density at radius 1 is 0.353 bits per heavy atom. The molecule has 0 amide bonds. The molecule has 0 aliphatic heterocycles. The van der Waals surface area contributed by atoms with Crippen LogP contribution < -0.4 is 0 Å². The van der Waals surface area contributed by atoms with E-state index in [1.165, 1.54) is 10.2 Å². The van der Waals surface area contributed by atoms with Crippen molar-refractivity contribution in [1.29, 1.82) is 0 Å². The van der Waals surface area contributed by atoms with Crippen LogP contribution in [0.3, 0.4) is 0 Å². The van der Waals surface area contributed by atoms with E-state index in [0.717, 1.165) is 0 Å². The molecule has 0 rings (SSSR count). The van der Waals surface area contributed by atoms with Gasteiger partial charge in [0.05, 0.1) is 0 Å². The molecular weight excluding hydrogens is 571 g/mol. The zero-order valence-electron chi connectivity index (χ0n) is 15.0. The molecule has 0 heterocycles.